The molecule has 0 aliphatic heterocycles. The second kappa shape index (κ2) is 8.37. The van der Waals surface area contributed by atoms with Gasteiger partial charge in [0.25, 0.3) is 0 Å². The lowest BCUT2D eigenvalue weighted by atomic mass is 10.2. The van der Waals surface area contributed by atoms with Gasteiger partial charge in [-0.15, -0.1) is 0 Å². The summed E-state index contributed by atoms with van der Waals surface area (Å²) in [6.07, 6.45) is 1.19. The fraction of sp³-hybridized carbons (Fsp3) is 0.130. The van der Waals surface area contributed by atoms with Crippen LogP contribution in [0.15, 0.2) is 75.4 Å². The summed E-state index contributed by atoms with van der Waals surface area (Å²) < 4.78 is 47.6. The number of hydrogen-bond donors (Lipinski definition) is 0. The SMILES string of the molecule is COc1ccc(S(=O)(=O)c2cn(Cc3c(F)cccc3Cl)c3nc(C)ccc3c2=O)cc1. The van der Waals surface area contributed by atoms with Crippen molar-refractivity contribution in [1.29, 1.82) is 0 Å². The second-order valence-electron chi connectivity index (χ2n) is 7.15. The van der Waals surface area contributed by atoms with Crippen molar-refractivity contribution in [3.63, 3.8) is 0 Å². The third-order valence-corrected chi connectivity index (χ3v) is 7.19. The predicted octanol–water partition coefficient (Wildman–Crippen LogP) is 4.39. The summed E-state index contributed by atoms with van der Waals surface area (Å²) in [4.78, 5) is 17.1. The Balaban J connectivity index is 1.97. The number of aryl methyl sites for hydroxylation is 1. The first-order valence-corrected chi connectivity index (χ1v) is 11.4. The van der Waals surface area contributed by atoms with Gasteiger partial charge in [0.2, 0.25) is 15.3 Å². The van der Waals surface area contributed by atoms with Crippen molar-refractivity contribution < 1.29 is 17.5 Å². The van der Waals surface area contributed by atoms with Gasteiger partial charge in [-0.2, -0.15) is 0 Å². The molecule has 4 rings (SSSR count). The van der Waals surface area contributed by atoms with Crippen LogP contribution in [0.4, 0.5) is 4.39 Å². The second-order valence-corrected chi connectivity index (χ2v) is 9.48. The molecule has 32 heavy (non-hydrogen) atoms. The van der Waals surface area contributed by atoms with Crippen LogP contribution in [0.5, 0.6) is 5.75 Å². The van der Waals surface area contributed by atoms with Crippen molar-refractivity contribution in [2.45, 2.75) is 23.3 Å². The van der Waals surface area contributed by atoms with Gasteiger partial charge >= 0.3 is 0 Å². The predicted molar refractivity (Wildman–Crippen MR) is 120 cm³/mol. The molecular formula is C23H18ClFN2O4S. The smallest absolute Gasteiger partial charge is 0.211 e. The Morgan fingerprint density at radius 1 is 1.09 bits per heavy atom. The summed E-state index contributed by atoms with van der Waals surface area (Å²) in [6.45, 7) is 1.64. The van der Waals surface area contributed by atoms with Crippen molar-refractivity contribution >= 4 is 32.5 Å². The average Bonchev–Trinajstić information content (AvgIpc) is 2.77. The van der Waals surface area contributed by atoms with Gasteiger partial charge in [-0.25, -0.2) is 17.8 Å². The maximum atomic E-state index is 14.5. The van der Waals surface area contributed by atoms with E-state index in [1.165, 1.54) is 60.3 Å². The zero-order valence-electron chi connectivity index (χ0n) is 17.2. The number of methoxy groups -OCH3 is 1. The standard InChI is InChI=1S/C23H18ClFN2O4S/c1-14-6-11-17-22(28)21(32(29,30)16-9-7-15(31-2)8-10-16)13-27(23(17)26-14)12-18-19(24)4-3-5-20(18)25/h3-11,13H,12H2,1-2H3. The molecule has 2 aromatic heterocycles. The highest BCUT2D eigenvalue weighted by molar-refractivity contribution is 7.91. The maximum absolute atomic E-state index is 14.5. The molecule has 0 radical (unpaired) electrons. The summed E-state index contributed by atoms with van der Waals surface area (Å²) in [7, 11) is -2.71. The number of ether oxygens (including phenoxy) is 1. The Kier molecular flexibility index (Phi) is 5.75. The molecule has 0 spiro atoms. The average molecular weight is 473 g/mol. The first kappa shape index (κ1) is 22.0. The molecule has 0 unspecified atom stereocenters. The van der Waals surface area contributed by atoms with Crippen molar-refractivity contribution in [3.8, 4) is 5.75 Å². The van der Waals surface area contributed by atoms with E-state index in [2.05, 4.69) is 4.98 Å². The third kappa shape index (κ3) is 3.87. The highest BCUT2D eigenvalue weighted by atomic mass is 35.5. The molecule has 2 aromatic carbocycles. The van der Waals surface area contributed by atoms with Crippen molar-refractivity contribution in [2.24, 2.45) is 0 Å². The van der Waals surface area contributed by atoms with Gasteiger partial charge in [0, 0.05) is 22.5 Å². The Bertz CT molecular complexity index is 1480. The van der Waals surface area contributed by atoms with E-state index in [0.717, 1.165) is 0 Å². The molecule has 4 aromatic rings. The van der Waals surface area contributed by atoms with Crippen LogP contribution < -0.4 is 10.2 Å². The monoisotopic (exact) mass is 472 g/mol. The summed E-state index contributed by atoms with van der Waals surface area (Å²) in [5, 5.41) is 0.293. The largest absolute Gasteiger partial charge is 0.497 e. The van der Waals surface area contributed by atoms with E-state index < -0.39 is 26.0 Å². The molecule has 0 amide bonds. The van der Waals surface area contributed by atoms with Crippen LogP contribution in [0.25, 0.3) is 11.0 Å². The molecule has 0 bridgehead atoms. The highest BCUT2D eigenvalue weighted by Crippen LogP contribution is 2.25. The van der Waals surface area contributed by atoms with Crippen LogP contribution in [0.1, 0.15) is 11.3 Å². The molecule has 2 heterocycles. The van der Waals surface area contributed by atoms with Crippen LogP contribution in [0.3, 0.4) is 0 Å². The van der Waals surface area contributed by atoms with E-state index in [4.69, 9.17) is 16.3 Å². The summed E-state index contributed by atoms with van der Waals surface area (Å²) in [5.41, 5.74) is 0.341. The minimum absolute atomic E-state index is 0.0645. The molecular weight excluding hydrogens is 455 g/mol. The number of aromatic nitrogens is 2. The van der Waals surface area contributed by atoms with Crippen LogP contribution in [-0.4, -0.2) is 25.1 Å². The molecule has 0 aliphatic carbocycles. The van der Waals surface area contributed by atoms with E-state index in [1.807, 2.05) is 0 Å². The lowest BCUT2D eigenvalue weighted by Crippen LogP contribution is -2.20. The van der Waals surface area contributed by atoms with Gasteiger partial charge in [-0.3, -0.25) is 4.79 Å². The fourth-order valence-electron chi connectivity index (χ4n) is 3.38. The van der Waals surface area contributed by atoms with Gasteiger partial charge in [-0.05, 0) is 55.5 Å². The molecule has 9 heteroatoms. The number of rotatable bonds is 5. The minimum atomic E-state index is -4.17. The summed E-state index contributed by atoms with van der Waals surface area (Å²) >= 11 is 6.18. The normalized spacial score (nSPS) is 11.6. The van der Waals surface area contributed by atoms with E-state index >= 15 is 0 Å². The van der Waals surface area contributed by atoms with Crippen LogP contribution in [0.2, 0.25) is 5.02 Å². The lowest BCUT2D eigenvalue weighted by molar-refractivity contribution is 0.414. The quantitative estimate of drug-likeness (QED) is 0.430. The zero-order chi connectivity index (χ0) is 23.0. The van der Waals surface area contributed by atoms with Gasteiger partial charge < -0.3 is 9.30 Å². The molecule has 6 nitrogen and oxygen atoms in total. The molecule has 0 saturated heterocycles. The van der Waals surface area contributed by atoms with E-state index in [9.17, 15) is 17.6 Å². The third-order valence-electron chi connectivity index (χ3n) is 5.08. The highest BCUT2D eigenvalue weighted by Gasteiger charge is 2.25. The van der Waals surface area contributed by atoms with Gasteiger partial charge in [-0.1, -0.05) is 17.7 Å². The minimum Gasteiger partial charge on any atom is -0.497 e. The summed E-state index contributed by atoms with van der Waals surface area (Å²) in [5.74, 6) is -0.0645. The maximum Gasteiger partial charge on any atom is 0.211 e. The Labute approximate surface area is 188 Å². The van der Waals surface area contributed by atoms with Crippen molar-refractivity contribution in [3.05, 3.63) is 93.1 Å². The van der Waals surface area contributed by atoms with E-state index in [1.54, 1.807) is 19.1 Å². The number of fused-ring (bicyclic) bond motifs is 1. The van der Waals surface area contributed by atoms with Crippen molar-refractivity contribution in [1.82, 2.24) is 9.55 Å². The fourth-order valence-corrected chi connectivity index (χ4v) is 4.97. The van der Waals surface area contributed by atoms with Crippen LogP contribution in [0, 0.1) is 12.7 Å². The molecule has 0 saturated carbocycles. The number of hydrogen-bond acceptors (Lipinski definition) is 5. The Hall–Kier alpha value is -3.23. The molecule has 0 atom stereocenters. The first-order valence-electron chi connectivity index (χ1n) is 9.55. The van der Waals surface area contributed by atoms with Crippen molar-refractivity contribution in [2.75, 3.05) is 7.11 Å². The van der Waals surface area contributed by atoms with E-state index in [-0.39, 0.29) is 33.1 Å². The summed E-state index contributed by atoms with van der Waals surface area (Å²) in [6, 6.07) is 13.1. The van der Waals surface area contributed by atoms with Crippen LogP contribution in [-0.2, 0) is 16.4 Å². The topological polar surface area (TPSA) is 78.3 Å². The number of sulfone groups is 1. The van der Waals surface area contributed by atoms with E-state index in [0.29, 0.717) is 11.4 Å². The molecule has 0 aliphatic rings. The van der Waals surface area contributed by atoms with Crippen LogP contribution >= 0.6 is 11.6 Å². The first-order chi connectivity index (χ1) is 15.2. The molecule has 0 N–H and O–H groups in total. The van der Waals surface area contributed by atoms with Gasteiger partial charge in [0.15, 0.2) is 0 Å². The molecule has 164 valence electrons. The lowest BCUT2D eigenvalue weighted by Gasteiger charge is -2.15. The van der Waals surface area contributed by atoms with Gasteiger partial charge in [0.05, 0.1) is 23.9 Å². The van der Waals surface area contributed by atoms with Gasteiger partial charge in [0.1, 0.15) is 22.1 Å². The Morgan fingerprint density at radius 3 is 2.47 bits per heavy atom. The molecule has 0 fully saturated rings. The number of halogens is 2. The zero-order valence-corrected chi connectivity index (χ0v) is 18.7. The number of benzene rings is 2. The Morgan fingerprint density at radius 2 is 1.81 bits per heavy atom. The number of nitrogens with zero attached hydrogens (tertiary/aromatic N) is 2. The number of pyridine rings is 2.